The van der Waals surface area contributed by atoms with Crippen LogP contribution >= 0.6 is 11.3 Å². The summed E-state index contributed by atoms with van der Waals surface area (Å²) >= 11 is 1.58. The zero-order valence-electron chi connectivity index (χ0n) is 8.88. The molecule has 0 spiro atoms. The minimum Gasteiger partial charge on any atom is -0.339 e. The topological polar surface area (TPSA) is 62.7 Å². The third-order valence-electron chi connectivity index (χ3n) is 2.17. The van der Waals surface area contributed by atoms with E-state index in [0.29, 0.717) is 24.6 Å². The SMILES string of the molecule is CC(CC#N)Cc1nc(-c2cccs2)no1. The monoisotopic (exact) mass is 233 g/mol. The minimum atomic E-state index is 0.252. The van der Waals surface area contributed by atoms with Gasteiger partial charge in [0.25, 0.3) is 0 Å². The van der Waals surface area contributed by atoms with E-state index in [1.54, 1.807) is 11.3 Å². The van der Waals surface area contributed by atoms with E-state index in [1.807, 2.05) is 24.4 Å². The fraction of sp³-hybridized carbons (Fsp3) is 0.364. The van der Waals surface area contributed by atoms with Crippen molar-refractivity contribution in [3.63, 3.8) is 0 Å². The molecule has 82 valence electrons. The second-order valence-corrected chi connectivity index (χ2v) is 4.61. The summed E-state index contributed by atoms with van der Waals surface area (Å²) in [5.74, 6) is 1.49. The van der Waals surface area contributed by atoms with Gasteiger partial charge in [0.15, 0.2) is 0 Å². The Morgan fingerprint density at radius 1 is 1.62 bits per heavy atom. The first-order valence-corrected chi connectivity index (χ1v) is 5.91. The lowest BCUT2D eigenvalue weighted by atomic mass is 10.1. The third kappa shape index (κ3) is 2.47. The van der Waals surface area contributed by atoms with Gasteiger partial charge < -0.3 is 4.52 Å². The van der Waals surface area contributed by atoms with Crippen LogP contribution in [0.25, 0.3) is 10.7 Å². The average Bonchev–Trinajstić information content (AvgIpc) is 2.86. The summed E-state index contributed by atoms with van der Waals surface area (Å²) in [6.07, 6.45) is 1.17. The lowest BCUT2D eigenvalue weighted by Gasteiger charge is -2.00. The van der Waals surface area contributed by atoms with Crippen LogP contribution in [0.5, 0.6) is 0 Å². The van der Waals surface area contributed by atoms with Crippen molar-refractivity contribution in [1.82, 2.24) is 10.1 Å². The molecule has 0 amide bonds. The molecule has 0 saturated carbocycles. The first-order chi connectivity index (χ1) is 7.79. The van der Waals surface area contributed by atoms with E-state index in [1.165, 1.54) is 0 Å². The van der Waals surface area contributed by atoms with Gasteiger partial charge in [-0.1, -0.05) is 18.1 Å². The lowest BCUT2D eigenvalue weighted by Crippen LogP contribution is -1.98. The van der Waals surface area contributed by atoms with Gasteiger partial charge in [-0.05, 0) is 17.4 Å². The molecule has 0 aliphatic carbocycles. The summed E-state index contributed by atoms with van der Waals surface area (Å²) in [7, 11) is 0. The van der Waals surface area contributed by atoms with Gasteiger partial charge in [0.2, 0.25) is 11.7 Å². The second-order valence-electron chi connectivity index (χ2n) is 3.66. The zero-order chi connectivity index (χ0) is 11.4. The molecule has 0 aliphatic rings. The second kappa shape index (κ2) is 4.90. The Bertz CT molecular complexity index is 484. The third-order valence-corrected chi connectivity index (χ3v) is 3.04. The quantitative estimate of drug-likeness (QED) is 0.814. The maximum absolute atomic E-state index is 8.56. The highest BCUT2D eigenvalue weighted by atomic mass is 32.1. The van der Waals surface area contributed by atoms with E-state index in [4.69, 9.17) is 9.78 Å². The fourth-order valence-electron chi connectivity index (χ4n) is 1.37. The summed E-state index contributed by atoms with van der Waals surface area (Å²) in [6.45, 7) is 2.00. The molecule has 0 bridgehead atoms. The van der Waals surface area contributed by atoms with Gasteiger partial charge >= 0.3 is 0 Å². The summed E-state index contributed by atoms with van der Waals surface area (Å²) in [6, 6.07) is 6.04. The number of aromatic nitrogens is 2. The van der Waals surface area contributed by atoms with Gasteiger partial charge in [-0.15, -0.1) is 11.3 Å². The van der Waals surface area contributed by atoms with Crippen molar-refractivity contribution in [3.8, 4) is 16.8 Å². The van der Waals surface area contributed by atoms with Crippen LogP contribution in [0.1, 0.15) is 19.2 Å². The molecule has 0 saturated heterocycles. The molecule has 0 radical (unpaired) electrons. The molecule has 0 N–H and O–H groups in total. The molecular formula is C11H11N3OS. The largest absolute Gasteiger partial charge is 0.339 e. The molecule has 5 heteroatoms. The average molecular weight is 233 g/mol. The number of rotatable bonds is 4. The Morgan fingerprint density at radius 2 is 2.50 bits per heavy atom. The van der Waals surface area contributed by atoms with Gasteiger partial charge in [0.05, 0.1) is 10.9 Å². The van der Waals surface area contributed by atoms with Crippen molar-refractivity contribution < 1.29 is 4.52 Å². The maximum atomic E-state index is 8.56. The van der Waals surface area contributed by atoms with E-state index >= 15 is 0 Å². The highest BCUT2D eigenvalue weighted by molar-refractivity contribution is 7.13. The van der Waals surface area contributed by atoms with Crippen LogP contribution in [-0.4, -0.2) is 10.1 Å². The van der Waals surface area contributed by atoms with Gasteiger partial charge in [-0.25, -0.2) is 0 Å². The Hall–Kier alpha value is -1.67. The van der Waals surface area contributed by atoms with Crippen molar-refractivity contribution in [2.45, 2.75) is 19.8 Å². The Kier molecular flexibility index (Phi) is 3.32. The highest BCUT2D eigenvalue weighted by Gasteiger charge is 2.12. The lowest BCUT2D eigenvalue weighted by molar-refractivity contribution is 0.359. The Morgan fingerprint density at radius 3 is 3.19 bits per heavy atom. The smallest absolute Gasteiger partial charge is 0.227 e. The van der Waals surface area contributed by atoms with E-state index in [-0.39, 0.29) is 5.92 Å². The Labute approximate surface area is 97.5 Å². The highest BCUT2D eigenvalue weighted by Crippen LogP contribution is 2.22. The van der Waals surface area contributed by atoms with Crippen LogP contribution in [0, 0.1) is 17.2 Å². The summed E-state index contributed by atoms with van der Waals surface area (Å²) < 4.78 is 5.14. The fourth-order valence-corrected chi connectivity index (χ4v) is 2.02. The maximum Gasteiger partial charge on any atom is 0.227 e. The zero-order valence-corrected chi connectivity index (χ0v) is 9.70. The first kappa shape index (κ1) is 10.8. The van der Waals surface area contributed by atoms with E-state index in [2.05, 4.69) is 16.2 Å². The molecule has 1 unspecified atom stereocenters. The molecule has 2 rings (SSSR count). The molecule has 2 aromatic heterocycles. The van der Waals surface area contributed by atoms with Crippen LogP contribution in [-0.2, 0) is 6.42 Å². The first-order valence-electron chi connectivity index (χ1n) is 5.03. The van der Waals surface area contributed by atoms with Crippen molar-refractivity contribution >= 4 is 11.3 Å². The Balaban J connectivity index is 2.06. The van der Waals surface area contributed by atoms with Crippen LogP contribution in [0.4, 0.5) is 0 Å². The molecule has 1 atom stereocenters. The standard InChI is InChI=1S/C11H11N3OS/c1-8(4-5-12)7-10-13-11(14-15-10)9-3-2-6-16-9/h2-3,6,8H,4,7H2,1H3. The van der Waals surface area contributed by atoms with Crippen LogP contribution < -0.4 is 0 Å². The normalized spacial score (nSPS) is 12.2. The molecule has 16 heavy (non-hydrogen) atoms. The molecule has 2 aromatic rings. The predicted octanol–water partition coefficient (Wildman–Crippen LogP) is 2.89. The molecular weight excluding hydrogens is 222 g/mol. The summed E-state index contributed by atoms with van der Waals surface area (Å²) in [5, 5.41) is 14.4. The van der Waals surface area contributed by atoms with E-state index in [0.717, 1.165) is 4.88 Å². The van der Waals surface area contributed by atoms with Gasteiger partial charge in [0.1, 0.15) is 0 Å². The minimum absolute atomic E-state index is 0.252. The number of hydrogen-bond acceptors (Lipinski definition) is 5. The van der Waals surface area contributed by atoms with Crippen molar-refractivity contribution in [2.24, 2.45) is 5.92 Å². The van der Waals surface area contributed by atoms with Crippen LogP contribution in [0.15, 0.2) is 22.0 Å². The number of thiophene rings is 1. The van der Waals surface area contributed by atoms with Crippen molar-refractivity contribution in [1.29, 1.82) is 5.26 Å². The van der Waals surface area contributed by atoms with E-state index in [9.17, 15) is 0 Å². The van der Waals surface area contributed by atoms with Crippen LogP contribution in [0.3, 0.4) is 0 Å². The molecule has 0 fully saturated rings. The summed E-state index contributed by atoms with van der Waals surface area (Å²) in [4.78, 5) is 5.30. The summed E-state index contributed by atoms with van der Waals surface area (Å²) in [5.41, 5.74) is 0. The van der Waals surface area contributed by atoms with E-state index < -0.39 is 0 Å². The number of nitriles is 1. The number of hydrogen-bond donors (Lipinski definition) is 0. The van der Waals surface area contributed by atoms with Gasteiger partial charge in [0, 0.05) is 12.8 Å². The van der Waals surface area contributed by atoms with Crippen molar-refractivity contribution in [2.75, 3.05) is 0 Å². The van der Waals surface area contributed by atoms with Crippen LogP contribution in [0.2, 0.25) is 0 Å². The van der Waals surface area contributed by atoms with Crippen molar-refractivity contribution in [3.05, 3.63) is 23.4 Å². The van der Waals surface area contributed by atoms with Gasteiger partial charge in [-0.2, -0.15) is 10.2 Å². The predicted molar refractivity (Wildman–Crippen MR) is 60.7 cm³/mol. The molecule has 4 nitrogen and oxygen atoms in total. The number of nitrogens with zero attached hydrogens (tertiary/aromatic N) is 3. The van der Waals surface area contributed by atoms with Gasteiger partial charge in [-0.3, -0.25) is 0 Å². The molecule has 0 aliphatic heterocycles. The molecule has 0 aromatic carbocycles. The molecule has 2 heterocycles.